The molecule has 1 saturated carbocycles. The highest BCUT2D eigenvalue weighted by Crippen LogP contribution is 2.35. The maximum atomic E-state index is 12.5. The number of ether oxygens (including phenoxy) is 1. The van der Waals surface area contributed by atoms with Gasteiger partial charge in [-0.25, -0.2) is 0 Å². The Bertz CT molecular complexity index is 494. The Labute approximate surface area is 127 Å². The molecule has 1 amide bonds. The molecule has 0 unspecified atom stereocenters. The van der Waals surface area contributed by atoms with Crippen LogP contribution in [0.15, 0.2) is 18.2 Å². The molecule has 0 heterocycles. The number of hydrogen-bond acceptors (Lipinski definition) is 3. The number of amides is 1. The van der Waals surface area contributed by atoms with Crippen LogP contribution >= 0.6 is 0 Å². The van der Waals surface area contributed by atoms with Crippen molar-refractivity contribution in [1.82, 2.24) is 5.32 Å². The molecular weight excluding hydrogens is 264 g/mol. The van der Waals surface area contributed by atoms with E-state index in [1.165, 1.54) is 32.1 Å². The smallest absolute Gasteiger partial charge is 0.257 e. The van der Waals surface area contributed by atoms with E-state index in [2.05, 4.69) is 12.2 Å². The van der Waals surface area contributed by atoms with E-state index in [-0.39, 0.29) is 11.3 Å². The largest absolute Gasteiger partial charge is 0.493 e. The summed E-state index contributed by atoms with van der Waals surface area (Å²) in [6, 6.07) is 5.33. The van der Waals surface area contributed by atoms with Crippen LogP contribution in [0.3, 0.4) is 0 Å². The van der Waals surface area contributed by atoms with Gasteiger partial charge < -0.3 is 15.8 Å². The number of rotatable bonds is 5. The van der Waals surface area contributed by atoms with Crippen LogP contribution < -0.4 is 15.8 Å². The van der Waals surface area contributed by atoms with E-state index in [9.17, 15) is 4.79 Å². The molecule has 0 spiro atoms. The van der Waals surface area contributed by atoms with Gasteiger partial charge in [-0.2, -0.15) is 0 Å². The zero-order chi connectivity index (χ0) is 15.3. The lowest BCUT2D eigenvalue weighted by Crippen LogP contribution is -2.37. The zero-order valence-corrected chi connectivity index (χ0v) is 13.1. The molecule has 2 rings (SSSR count). The predicted molar refractivity (Wildman–Crippen MR) is 85.5 cm³/mol. The van der Waals surface area contributed by atoms with E-state index in [0.717, 1.165) is 0 Å². The van der Waals surface area contributed by atoms with Crippen molar-refractivity contribution in [3.05, 3.63) is 23.8 Å². The van der Waals surface area contributed by atoms with Gasteiger partial charge >= 0.3 is 0 Å². The summed E-state index contributed by atoms with van der Waals surface area (Å²) >= 11 is 0. The normalized spacial score (nSPS) is 17.2. The molecule has 0 bridgehead atoms. The molecule has 1 aromatic carbocycles. The Morgan fingerprint density at radius 1 is 1.33 bits per heavy atom. The van der Waals surface area contributed by atoms with Crippen molar-refractivity contribution in [3.8, 4) is 5.75 Å². The number of anilines is 1. The predicted octanol–water partition coefficient (Wildman–Crippen LogP) is 3.37. The van der Waals surface area contributed by atoms with Crippen molar-refractivity contribution in [1.29, 1.82) is 0 Å². The Morgan fingerprint density at radius 3 is 2.71 bits per heavy atom. The summed E-state index contributed by atoms with van der Waals surface area (Å²) in [5.41, 5.74) is 7.09. The fraction of sp³-hybridized carbons (Fsp3) is 0.588. The van der Waals surface area contributed by atoms with Gasteiger partial charge in [-0.1, -0.05) is 32.3 Å². The lowest BCUT2D eigenvalue weighted by molar-refractivity contribution is 0.0916. The van der Waals surface area contributed by atoms with Crippen LogP contribution in [-0.4, -0.2) is 19.1 Å². The average Bonchev–Trinajstić information content (AvgIpc) is 2.46. The molecule has 116 valence electrons. The first-order valence-electron chi connectivity index (χ1n) is 7.85. The number of hydrogen-bond donors (Lipinski definition) is 2. The highest BCUT2D eigenvalue weighted by atomic mass is 16.5. The molecule has 21 heavy (non-hydrogen) atoms. The topological polar surface area (TPSA) is 64.3 Å². The van der Waals surface area contributed by atoms with Crippen LogP contribution in [0.25, 0.3) is 0 Å². The van der Waals surface area contributed by atoms with E-state index in [0.29, 0.717) is 30.2 Å². The van der Waals surface area contributed by atoms with Crippen LogP contribution in [0.5, 0.6) is 5.75 Å². The maximum Gasteiger partial charge on any atom is 0.257 e. The molecule has 0 saturated heterocycles. The Balaban J connectivity index is 2.06. The summed E-state index contributed by atoms with van der Waals surface area (Å²) in [5, 5.41) is 3.05. The van der Waals surface area contributed by atoms with Gasteiger partial charge in [0.15, 0.2) is 0 Å². The van der Waals surface area contributed by atoms with Gasteiger partial charge in [0.25, 0.3) is 5.91 Å². The second-order valence-corrected chi connectivity index (χ2v) is 6.21. The fourth-order valence-electron chi connectivity index (χ4n) is 3.03. The van der Waals surface area contributed by atoms with E-state index in [1.54, 1.807) is 18.2 Å². The Hall–Kier alpha value is -1.71. The molecular formula is C17H26N2O2. The van der Waals surface area contributed by atoms with Gasteiger partial charge in [-0.3, -0.25) is 4.79 Å². The molecule has 0 aliphatic heterocycles. The minimum Gasteiger partial charge on any atom is -0.493 e. The van der Waals surface area contributed by atoms with E-state index in [1.807, 2.05) is 6.92 Å². The summed E-state index contributed by atoms with van der Waals surface area (Å²) in [7, 11) is 0. The third-order valence-corrected chi connectivity index (χ3v) is 4.32. The second kappa shape index (κ2) is 6.83. The van der Waals surface area contributed by atoms with Gasteiger partial charge in [0.1, 0.15) is 11.3 Å². The minimum atomic E-state index is -0.136. The van der Waals surface area contributed by atoms with Gasteiger partial charge in [0.2, 0.25) is 0 Å². The summed E-state index contributed by atoms with van der Waals surface area (Å²) in [6.45, 7) is 5.37. The molecule has 1 aliphatic carbocycles. The van der Waals surface area contributed by atoms with Crippen molar-refractivity contribution in [2.45, 2.75) is 46.0 Å². The molecule has 4 nitrogen and oxygen atoms in total. The minimum absolute atomic E-state index is 0.136. The molecule has 1 aromatic rings. The Kier molecular flexibility index (Phi) is 5.10. The van der Waals surface area contributed by atoms with Crippen LogP contribution in [0.1, 0.15) is 56.3 Å². The van der Waals surface area contributed by atoms with Crippen LogP contribution in [0, 0.1) is 5.41 Å². The third-order valence-electron chi connectivity index (χ3n) is 4.32. The maximum absolute atomic E-state index is 12.5. The highest BCUT2D eigenvalue weighted by molar-refractivity contribution is 6.01. The van der Waals surface area contributed by atoms with Gasteiger partial charge in [0, 0.05) is 12.2 Å². The summed E-state index contributed by atoms with van der Waals surface area (Å²) in [6.07, 6.45) is 6.17. The first-order chi connectivity index (χ1) is 10.1. The van der Waals surface area contributed by atoms with Crippen molar-refractivity contribution in [2.24, 2.45) is 5.41 Å². The number of nitrogen functional groups attached to an aromatic ring is 1. The molecule has 4 heteroatoms. The molecule has 1 aliphatic rings. The summed E-state index contributed by atoms with van der Waals surface area (Å²) < 4.78 is 5.52. The first kappa shape index (κ1) is 15.7. The lowest BCUT2D eigenvalue weighted by Gasteiger charge is -2.33. The molecule has 0 radical (unpaired) electrons. The molecule has 0 atom stereocenters. The zero-order valence-electron chi connectivity index (χ0n) is 13.1. The van der Waals surface area contributed by atoms with Gasteiger partial charge in [-0.15, -0.1) is 0 Å². The van der Waals surface area contributed by atoms with Crippen LogP contribution in [0.4, 0.5) is 5.69 Å². The lowest BCUT2D eigenvalue weighted by atomic mass is 9.76. The van der Waals surface area contributed by atoms with Crippen LogP contribution in [0.2, 0.25) is 0 Å². The monoisotopic (exact) mass is 290 g/mol. The van der Waals surface area contributed by atoms with E-state index < -0.39 is 0 Å². The van der Waals surface area contributed by atoms with E-state index >= 15 is 0 Å². The van der Waals surface area contributed by atoms with Crippen LogP contribution in [-0.2, 0) is 0 Å². The number of benzene rings is 1. The quantitative estimate of drug-likeness (QED) is 0.817. The number of nitrogens with one attached hydrogen (secondary N) is 1. The number of carbonyl (C=O) groups is 1. The number of carbonyl (C=O) groups excluding carboxylic acids is 1. The first-order valence-corrected chi connectivity index (χ1v) is 7.85. The third kappa shape index (κ3) is 3.90. The number of nitrogens with two attached hydrogens (primary N) is 1. The SMILES string of the molecule is CCOc1cccc(N)c1C(=O)NCC1(C)CCCCC1. The second-order valence-electron chi connectivity index (χ2n) is 6.21. The van der Waals surface area contributed by atoms with Gasteiger partial charge in [0.05, 0.1) is 6.61 Å². The fourth-order valence-corrected chi connectivity index (χ4v) is 3.03. The summed E-state index contributed by atoms with van der Waals surface area (Å²) in [5.74, 6) is 0.423. The van der Waals surface area contributed by atoms with Crippen molar-refractivity contribution >= 4 is 11.6 Å². The molecule has 0 aromatic heterocycles. The standard InChI is InChI=1S/C17H26N2O2/c1-3-21-14-9-7-8-13(18)15(14)16(20)19-12-17(2)10-5-4-6-11-17/h7-9H,3-6,10-12,18H2,1-2H3,(H,19,20). The Morgan fingerprint density at radius 2 is 2.05 bits per heavy atom. The molecule has 1 fully saturated rings. The van der Waals surface area contributed by atoms with Gasteiger partial charge in [-0.05, 0) is 37.3 Å². The van der Waals surface area contributed by atoms with Crippen molar-refractivity contribution < 1.29 is 9.53 Å². The molecule has 3 N–H and O–H groups in total. The van der Waals surface area contributed by atoms with Crippen molar-refractivity contribution in [3.63, 3.8) is 0 Å². The summed E-state index contributed by atoms with van der Waals surface area (Å²) in [4.78, 5) is 12.5. The van der Waals surface area contributed by atoms with Crippen molar-refractivity contribution in [2.75, 3.05) is 18.9 Å². The average molecular weight is 290 g/mol. The highest BCUT2D eigenvalue weighted by Gasteiger charge is 2.28. The van der Waals surface area contributed by atoms with E-state index in [4.69, 9.17) is 10.5 Å².